The van der Waals surface area contributed by atoms with E-state index in [1.54, 1.807) is 15.5 Å². The monoisotopic (exact) mass is 731 g/mol. The summed E-state index contributed by atoms with van der Waals surface area (Å²) < 4.78 is 3.46. The van der Waals surface area contributed by atoms with E-state index in [0.29, 0.717) is 16.2 Å². The van der Waals surface area contributed by atoms with Crippen LogP contribution in [0.3, 0.4) is 0 Å². The second-order valence-corrected chi connectivity index (χ2v) is 12.7. The first-order valence-electron chi connectivity index (χ1n) is 16.6. The average Bonchev–Trinajstić information content (AvgIpc) is 3.82. The highest BCUT2D eigenvalue weighted by Crippen LogP contribution is 2.27. The van der Waals surface area contributed by atoms with Crippen molar-refractivity contribution in [2.24, 2.45) is 15.3 Å². The molecule has 270 valence electrons. The third-order valence-corrected chi connectivity index (χ3v) is 9.09. The maximum Gasteiger partial charge on any atom is 0.260 e. The number of aromatic nitrogens is 3. The lowest BCUT2D eigenvalue weighted by molar-refractivity contribution is -0.121. The van der Waals surface area contributed by atoms with Gasteiger partial charge < -0.3 is 30.1 Å². The van der Waals surface area contributed by atoms with Crippen LogP contribution in [0.2, 0.25) is 0 Å². The highest BCUT2D eigenvalue weighted by Gasteiger charge is 2.29. The van der Waals surface area contributed by atoms with Crippen molar-refractivity contribution in [1.29, 1.82) is 0 Å². The van der Waals surface area contributed by atoms with Crippen LogP contribution in [0, 0.1) is 0 Å². The van der Waals surface area contributed by atoms with Gasteiger partial charge >= 0.3 is 0 Å². The van der Waals surface area contributed by atoms with E-state index >= 15 is 0 Å². The van der Waals surface area contributed by atoms with Gasteiger partial charge in [-0.05, 0) is 28.8 Å². The van der Waals surface area contributed by atoms with Crippen LogP contribution in [-0.4, -0.2) is 89.2 Å². The molecule has 0 fully saturated rings. The fourth-order valence-electron chi connectivity index (χ4n) is 5.40. The molecule has 2 heterocycles. The summed E-state index contributed by atoms with van der Waals surface area (Å²) in [5, 5.41) is 67.8. The molecule has 0 saturated carbocycles. The quantitative estimate of drug-likeness (QED) is 0.0733. The van der Waals surface area contributed by atoms with Gasteiger partial charge in [0.25, 0.3) is 5.91 Å². The standard InChI is InChI=1S/C39H37N7O6S/c47-24-34(49)38(52)37(51)33(48)21-41-42-35(50)23-45-32(28-12-6-2-7-13-28)25-53-39(45)43-40-20-30-22-46(31-14-8-3-9-15-31)44-36(30)29-18-16-27(17-19-29)26-10-4-1-5-11-26/h1-22,25,33-34,37-38,47-49,51-52H,23-24H2,(H,42,50)/b40-20+,41-21+,43-39-/t33-,34-,37-,38-/m1/s1. The van der Waals surface area contributed by atoms with Crippen molar-refractivity contribution < 1.29 is 30.3 Å². The molecule has 1 amide bonds. The molecule has 0 aliphatic heterocycles. The Balaban J connectivity index is 1.28. The van der Waals surface area contributed by atoms with E-state index in [1.165, 1.54) is 11.3 Å². The lowest BCUT2D eigenvalue weighted by Gasteiger charge is -2.23. The van der Waals surface area contributed by atoms with Gasteiger partial charge in [0.1, 0.15) is 36.7 Å². The molecule has 6 rings (SSSR count). The van der Waals surface area contributed by atoms with Crippen molar-refractivity contribution in [1.82, 2.24) is 19.8 Å². The molecule has 6 aromatic rings. The minimum absolute atomic E-state index is 0.227. The van der Waals surface area contributed by atoms with Crippen LogP contribution < -0.4 is 10.2 Å². The molecule has 6 N–H and O–H groups in total. The number of hydrogen-bond acceptors (Lipinski definition) is 11. The molecule has 0 radical (unpaired) electrons. The number of carbonyl (C=O) groups is 1. The molecule has 13 nitrogen and oxygen atoms in total. The molecule has 14 heteroatoms. The molecule has 0 bridgehead atoms. The predicted octanol–water partition coefficient (Wildman–Crippen LogP) is 3.21. The highest BCUT2D eigenvalue weighted by molar-refractivity contribution is 7.07. The Kier molecular flexibility index (Phi) is 12.2. The summed E-state index contributed by atoms with van der Waals surface area (Å²) in [6.45, 7) is -1.05. The van der Waals surface area contributed by atoms with Crippen LogP contribution in [0.5, 0.6) is 0 Å². The lowest BCUT2D eigenvalue weighted by atomic mass is 10.0. The van der Waals surface area contributed by atoms with Crippen LogP contribution in [0.15, 0.2) is 142 Å². The van der Waals surface area contributed by atoms with E-state index in [9.17, 15) is 25.2 Å². The van der Waals surface area contributed by atoms with Crippen molar-refractivity contribution in [3.8, 4) is 39.3 Å². The zero-order valence-corrected chi connectivity index (χ0v) is 29.1. The number of aliphatic hydroxyl groups is 5. The molecule has 0 saturated heterocycles. The fourth-order valence-corrected chi connectivity index (χ4v) is 6.27. The number of hydrazone groups is 1. The first-order chi connectivity index (χ1) is 25.8. The topological polar surface area (TPSA) is 190 Å². The molecular weight excluding hydrogens is 695 g/mol. The van der Waals surface area contributed by atoms with E-state index in [1.807, 2.05) is 103 Å². The van der Waals surface area contributed by atoms with Gasteiger partial charge in [0.15, 0.2) is 0 Å². The van der Waals surface area contributed by atoms with Gasteiger partial charge in [-0.1, -0.05) is 103 Å². The average molecular weight is 732 g/mol. The minimum atomic E-state index is -1.86. The highest BCUT2D eigenvalue weighted by atomic mass is 32.1. The van der Waals surface area contributed by atoms with Gasteiger partial charge in [0.05, 0.1) is 30.4 Å². The summed E-state index contributed by atoms with van der Waals surface area (Å²) in [4.78, 5) is 13.5. The van der Waals surface area contributed by atoms with Crippen molar-refractivity contribution >= 4 is 29.7 Å². The van der Waals surface area contributed by atoms with Gasteiger partial charge in [-0.3, -0.25) is 4.79 Å². The number of para-hydroxylation sites is 1. The molecule has 2 aromatic heterocycles. The summed E-state index contributed by atoms with van der Waals surface area (Å²) >= 11 is 1.29. The molecule has 4 aromatic carbocycles. The van der Waals surface area contributed by atoms with Crippen molar-refractivity contribution in [3.05, 3.63) is 137 Å². The Morgan fingerprint density at radius 1 is 0.792 bits per heavy atom. The Morgan fingerprint density at radius 2 is 1.40 bits per heavy atom. The number of benzene rings is 4. The summed E-state index contributed by atoms with van der Waals surface area (Å²) in [6, 6.07) is 37.5. The van der Waals surface area contributed by atoms with Crippen molar-refractivity contribution in [3.63, 3.8) is 0 Å². The van der Waals surface area contributed by atoms with Crippen molar-refractivity contribution in [2.75, 3.05) is 6.61 Å². The van der Waals surface area contributed by atoms with Gasteiger partial charge in [-0.2, -0.15) is 15.3 Å². The number of hydrogen-bond donors (Lipinski definition) is 6. The van der Waals surface area contributed by atoms with Crippen molar-refractivity contribution in [2.45, 2.75) is 31.0 Å². The largest absolute Gasteiger partial charge is 0.394 e. The first-order valence-corrected chi connectivity index (χ1v) is 17.5. The SMILES string of the molecule is O=C(Cn1c(-c2ccccc2)cs/c1=N\N=C\c1cn(-c2ccccc2)nc1-c1ccc(-c2ccccc2)cc1)N/N=C/[C@@H](O)[C@@H](O)[C@H](O)[C@H](O)CO. The number of carbonyl (C=O) groups excluding carboxylic acids is 1. The Hall–Kier alpha value is -5.87. The van der Waals surface area contributed by atoms with Gasteiger partial charge in [0, 0.05) is 22.7 Å². The van der Waals surface area contributed by atoms with E-state index in [4.69, 9.17) is 10.2 Å². The van der Waals surface area contributed by atoms with Crippen LogP contribution in [0.1, 0.15) is 5.56 Å². The summed E-state index contributed by atoms with van der Waals surface area (Å²) in [6.07, 6.45) is -2.78. The maximum absolute atomic E-state index is 13.0. The van der Waals surface area contributed by atoms with Gasteiger partial charge in [-0.25, -0.2) is 10.1 Å². The van der Waals surface area contributed by atoms with Gasteiger partial charge in [0.2, 0.25) is 4.80 Å². The summed E-state index contributed by atoms with van der Waals surface area (Å²) in [7, 11) is 0. The second-order valence-electron chi connectivity index (χ2n) is 11.9. The maximum atomic E-state index is 13.0. The number of nitrogens with zero attached hydrogens (tertiary/aromatic N) is 6. The minimum Gasteiger partial charge on any atom is -0.394 e. The molecule has 53 heavy (non-hydrogen) atoms. The van der Waals surface area contributed by atoms with Crippen LogP contribution in [0.4, 0.5) is 0 Å². The molecule has 0 aliphatic carbocycles. The first kappa shape index (κ1) is 36.9. The smallest absolute Gasteiger partial charge is 0.260 e. The fraction of sp³-hybridized carbons (Fsp3) is 0.154. The van der Waals surface area contributed by atoms with E-state index in [-0.39, 0.29) is 6.54 Å². The van der Waals surface area contributed by atoms with E-state index in [2.05, 4.69) is 45.0 Å². The van der Waals surface area contributed by atoms with Crippen LogP contribution in [-0.2, 0) is 11.3 Å². The molecule has 0 spiro atoms. The molecule has 0 aliphatic rings. The Morgan fingerprint density at radius 3 is 2.06 bits per heavy atom. The number of nitrogens with one attached hydrogen (secondary N) is 1. The zero-order valence-electron chi connectivity index (χ0n) is 28.2. The summed E-state index contributed by atoms with van der Waals surface area (Å²) in [5.41, 5.74) is 9.24. The summed E-state index contributed by atoms with van der Waals surface area (Å²) in [5.74, 6) is -0.578. The number of rotatable bonds is 14. The Labute approximate surface area is 308 Å². The van der Waals surface area contributed by atoms with Gasteiger partial charge in [-0.15, -0.1) is 16.4 Å². The normalized spacial score (nSPS) is 14.4. The Bertz CT molecular complexity index is 2220. The number of thiazole rings is 1. The lowest BCUT2D eigenvalue weighted by Crippen LogP contribution is -2.46. The number of amides is 1. The second kappa shape index (κ2) is 17.6. The predicted molar refractivity (Wildman–Crippen MR) is 203 cm³/mol. The van der Waals surface area contributed by atoms with Crippen LogP contribution >= 0.6 is 11.3 Å². The molecule has 0 unspecified atom stereocenters. The molecule has 4 atom stereocenters. The third kappa shape index (κ3) is 9.14. The van der Waals surface area contributed by atoms with E-state index in [0.717, 1.165) is 39.7 Å². The zero-order chi connectivity index (χ0) is 37.2. The number of aliphatic hydroxyl groups excluding tert-OH is 5. The third-order valence-electron chi connectivity index (χ3n) is 8.24. The van der Waals surface area contributed by atoms with Crippen LogP contribution in [0.25, 0.3) is 39.3 Å². The molecular formula is C39H37N7O6S. The van der Waals surface area contributed by atoms with E-state index < -0.39 is 36.9 Å².